The van der Waals surface area contributed by atoms with Crippen molar-refractivity contribution in [2.24, 2.45) is 5.73 Å². The van der Waals surface area contributed by atoms with Gasteiger partial charge in [-0.1, -0.05) is 12.5 Å². The summed E-state index contributed by atoms with van der Waals surface area (Å²) in [5.41, 5.74) is 5.71. The fourth-order valence-corrected chi connectivity index (χ4v) is 2.71. The fourth-order valence-electron chi connectivity index (χ4n) is 2.71. The topological polar surface area (TPSA) is 110 Å². The van der Waals surface area contributed by atoms with Crippen LogP contribution in [-0.4, -0.2) is 40.0 Å². The number of aliphatic hydroxyl groups is 1. The molecule has 1 saturated heterocycles. The molecule has 0 saturated carbocycles. The molecule has 1 aromatic carbocycles. The molecule has 1 aliphatic rings. The molecule has 114 valence electrons. The molecule has 0 bridgehead atoms. The number of piperidine rings is 1. The van der Waals surface area contributed by atoms with Gasteiger partial charge in [0.2, 0.25) is 5.91 Å². The average molecular weight is 293 g/mol. The lowest BCUT2D eigenvalue weighted by atomic mass is 10.0. The molecular formula is C14H19N3O4. The lowest BCUT2D eigenvalue weighted by Crippen LogP contribution is -2.41. The van der Waals surface area contributed by atoms with E-state index in [0.717, 1.165) is 25.8 Å². The molecular weight excluding hydrogens is 274 g/mol. The summed E-state index contributed by atoms with van der Waals surface area (Å²) in [5, 5.41) is 20.6. The standard InChI is InChI=1S/C14H19N3O4/c15-14(19)10-4-5-11(13(7-10)17(20)21)8-16-6-2-1-3-12(16)9-18/h4-5,7,12,18H,1-3,6,8-9H2,(H2,15,19). The Balaban J connectivity index is 2.26. The van der Waals surface area contributed by atoms with Crippen molar-refractivity contribution in [1.82, 2.24) is 4.90 Å². The zero-order chi connectivity index (χ0) is 15.4. The molecule has 1 unspecified atom stereocenters. The Morgan fingerprint density at radius 1 is 1.48 bits per heavy atom. The van der Waals surface area contributed by atoms with E-state index in [2.05, 4.69) is 4.90 Å². The van der Waals surface area contributed by atoms with E-state index < -0.39 is 10.8 Å². The number of nitrogens with zero attached hydrogens (tertiary/aromatic N) is 2. The van der Waals surface area contributed by atoms with Gasteiger partial charge in [0.1, 0.15) is 0 Å². The molecule has 2 rings (SSSR count). The van der Waals surface area contributed by atoms with Crippen LogP contribution >= 0.6 is 0 Å². The summed E-state index contributed by atoms with van der Waals surface area (Å²) in [4.78, 5) is 23.9. The SMILES string of the molecule is NC(=O)c1ccc(CN2CCCCC2CO)c([N+](=O)[O-])c1. The number of primary amides is 1. The van der Waals surface area contributed by atoms with Crippen molar-refractivity contribution in [2.75, 3.05) is 13.2 Å². The molecule has 21 heavy (non-hydrogen) atoms. The van der Waals surface area contributed by atoms with Crippen LogP contribution in [0.1, 0.15) is 35.2 Å². The first-order valence-corrected chi connectivity index (χ1v) is 6.95. The van der Waals surface area contributed by atoms with Crippen LogP contribution in [0.3, 0.4) is 0 Å². The summed E-state index contributed by atoms with van der Waals surface area (Å²) in [6.07, 6.45) is 2.97. The summed E-state index contributed by atoms with van der Waals surface area (Å²) in [6, 6.07) is 4.33. The van der Waals surface area contributed by atoms with Crippen molar-refractivity contribution < 1.29 is 14.8 Å². The van der Waals surface area contributed by atoms with E-state index >= 15 is 0 Å². The van der Waals surface area contributed by atoms with Crippen molar-refractivity contribution in [3.8, 4) is 0 Å². The van der Waals surface area contributed by atoms with Gasteiger partial charge >= 0.3 is 0 Å². The minimum absolute atomic E-state index is 0.0363. The third-order valence-electron chi connectivity index (χ3n) is 3.90. The predicted molar refractivity (Wildman–Crippen MR) is 76.7 cm³/mol. The number of nitro groups is 1. The molecule has 0 aromatic heterocycles. The number of carbonyl (C=O) groups excluding carboxylic acids is 1. The van der Waals surface area contributed by atoms with E-state index in [4.69, 9.17) is 5.73 Å². The predicted octanol–water partition coefficient (Wildman–Crippen LogP) is 1.04. The van der Waals surface area contributed by atoms with E-state index in [0.29, 0.717) is 12.1 Å². The summed E-state index contributed by atoms with van der Waals surface area (Å²) < 4.78 is 0. The quantitative estimate of drug-likeness (QED) is 0.622. The lowest BCUT2D eigenvalue weighted by molar-refractivity contribution is -0.385. The van der Waals surface area contributed by atoms with Gasteiger partial charge < -0.3 is 10.8 Å². The highest BCUT2D eigenvalue weighted by Crippen LogP contribution is 2.25. The van der Waals surface area contributed by atoms with E-state index in [1.54, 1.807) is 6.07 Å². The van der Waals surface area contributed by atoms with Crippen molar-refractivity contribution >= 4 is 11.6 Å². The van der Waals surface area contributed by atoms with Crippen LogP contribution in [0.5, 0.6) is 0 Å². The normalized spacial score (nSPS) is 19.4. The molecule has 1 aromatic rings. The monoisotopic (exact) mass is 293 g/mol. The number of nitro benzene ring substituents is 1. The van der Waals surface area contributed by atoms with Gasteiger partial charge in [-0.3, -0.25) is 19.8 Å². The zero-order valence-corrected chi connectivity index (χ0v) is 11.7. The average Bonchev–Trinajstić information content (AvgIpc) is 2.47. The second-order valence-corrected chi connectivity index (χ2v) is 5.27. The van der Waals surface area contributed by atoms with Crippen molar-refractivity contribution in [2.45, 2.75) is 31.8 Å². The third kappa shape index (κ3) is 3.56. The first-order chi connectivity index (χ1) is 10.0. The molecule has 0 spiro atoms. The van der Waals surface area contributed by atoms with Gasteiger partial charge in [-0.05, 0) is 25.5 Å². The maximum Gasteiger partial charge on any atom is 0.274 e. The van der Waals surface area contributed by atoms with Crippen molar-refractivity contribution in [3.63, 3.8) is 0 Å². The van der Waals surface area contributed by atoms with Gasteiger partial charge in [-0.2, -0.15) is 0 Å². The molecule has 7 heteroatoms. The number of likely N-dealkylation sites (tertiary alicyclic amines) is 1. The minimum Gasteiger partial charge on any atom is -0.395 e. The van der Waals surface area contributed by atoms with Gasteiger partial charge in [0.15, 0.2) is 0 Å². The van der Waals surface area contributed by atoms with Gasteiger partial charge in [-0.25, -0.2) is 0 Å². The first kappa shape index (κ1) is 15.4. The number of hydrogen-bond acceptors (Lipinski definition) is 5. The maximum atomic E-state index is 11.2. The van der Waals surface area contributed by atoms with E-state index in [1.165, 1.54) is 12.1 Å². The molecule has 0 radical (unpaired) electrons. The highest BCUT2D eigenvalue weighted by atomic mass is 16.6. The Hall–Kier alpha value is -1.99. The van der Waals surface area contributed by atoms with E-state index in [9.17, 15) is 20.0 Å². The largest absolute Gasteiger partial charge is 0.395 e. The summed E-state index contributed by atoms with van der Waals surface area (Å²) in [6.45, 7) is 1.24. The van der Waals surface area contributed by atoms with Crippen molar-refractivity contribution in [3.05, 3.63) is 39.4 Å². The molecule has 0 aliphatic carbocycles. The van der Waals surface area contributed by atoms with Gasteiger partial charge in [0.25, 0.3) is 5.69 Å². The van der Waals surface area contributed by atoms with E-state index in [1.807, 2.05) is 0 Å². The number of carbonyl (C=O) groups is 1. The number of amides is 1. The van der Waals surface area contributed by atoms with Gasteiger partial charge in [0.05, 0.1) is 11.5 Å². The van der Waals surface area contributed by atoms with Crippen molar-refractivity contribution in [1.29, 1.82) is 0 Å². The lowest BCUT2D eigenvalue weighted by Gasteiger charge is -2.34. The van der Waals surface area contributed by atoms with Gasteiger partial charge in [0, 0.05) is 29.8 Å². The second kappa shape index (κ2) is 6.64. The van der Waals surface area contributed by atoms with Crippen LogP contribution in [0, 0.1) is 10.1 Å². The molecule has 1 aliphatic heterocycles. The smallest absolute Gasteiger partial charge is 0.274 e. The van der Waals surface area contributed by atoms with Crippen LogP contribution in [0.25, 0.3) is 0 Å². The molecule has 1 fully saturated rings. The molecule has 3 N–H and O–H groups in total. The van der Waals surface area contributed by atoms with Crippen LogP contribution in [0.4, 0.5) is 5.69 Å². The molecule has 1 heterocycles. The Morgan fingerprint density at radius 2 is 2.24 bits per heavy atom. The summed E-state index contributed by atoms with van der Waals surface area (Å²) in [7, 11) is 0. The number of hydrogen-bond donors (Lipinski definition) is 2. The highest BCUT2D eigenvalue weighted by Gasteiger charge is 2.25. The number of aliphatic hydroxyl groups excluding tert-OH is 1. The minimum atomic E-state index is -0.684. The Labute approximate surface area is 122 Å². The number of nitrogens with two attached hydrogens (primary N) is 1. The summed E-state index contributed by atoms with van der Waals surface area (Å²) >= 11 is 0. The molecule has 1 amide bonds. The third-order valence-corrected chi connectivity index (χ3v) is 3.90. The highest BCUT2D eigenvalue weighted by molar-refractivity contribution is 5.93. The molecule has 1 atom stereocenters. The van der Waals surface area contributed by atoms with E-state index in [-0.39, 0.29) is 23.9 Å². The zero-order valence-electron chi connectivity index (χ0n) is 11.7. The Morgan fingerprint density at radius 3 is 2.86 bits per heavy atom. The Kier molecular flexibility index (Phi) is 4.87. The first-order valence-electron chi connectivity index (χ1n) is 6.95. The fraction of sp³-hybridized carbons (Fsp3) is 0.500. The van der Waals surface area contributed by atoms with Crippen LogP contribution in [0.15, 0.2) is 18.2 Å². The maximum absolute atomic E-state index is 11.2. The number of rotatable bonds is 5. The number of benzene rings is 1. The van der Waals surface area contributed by atoms with Crippen LogP contribution in [-0.2, 0) is 6.54 Å². The summed E-state index contributed by atoms with van der Waals surface area (Å²) in [5.74, 6) is -0.684. The molecule has 7 nitrogen and oxygen atoms in total. The van der Waals surface area contributed by atoms with Crippen LogP contribution in [0.2, 0.25) is 0 Å². The van der Waals surface area contributed by atoms with Crippen LogP contribution < -0.4 is 5.73 Å². The second-order valence-electron chi connectivity index (χ2n) is 5.27. The Bertz CT molecular complexity index is 547. The van der Waals surface area contributed by atoms with Gasteiger partial charge in [-0.15, -0.1) is 0 Å².